The van der Waals surface area contributed by atoms with Crippen LogP contribution in [-0.2, 0) is 31.7 Å². The number of esters is 2. The van der Waals surface area contributed by atoms with Gasteiger partial charge >= 0.3 is 21.5 Å². The first-order chi connectivity index (χ1) is 13.6. The van der Waals surface area contributed by atoms with Gasteiger partial charge < -0.3 is 22.1 Å². The fourth-order valence-electron chi connectivity index (χ4n) is 2.16. The molecule has 0 N–H and O–H groups in total. The van der Waals surface area contributed by atoms with Gasteiger partial charge in [-0.05, 0) is 59.6 Å². The first kappa shape index (κ1) is 29.0. The fourth-order valence-corrected chi connectivity index (χ4v) is 8.45. The maximum Gasteiger partial charge on any atom is 0.463 e. The molecule has 0 bridgehead atoms. The van der Waals surface area contributed by atoms with Gasteiger partial charge in [0.05, 0.1) is 6.10 Å². The van der Waals surface area contributed by atoms with Crippen LogP contribution in [0.25, 0.3) is 0 Å². The van der Waals surface area contributed by atoms with Gasteiger partial charge in [0.15, 0.2) is 22.7 Å². The fraction of sp³-hybridized carbons (Fsp3) is 0.700. The topological polar surface area (TPSA) is 80.3 Å². The van der Waals surface area contributed by atoms with Gasteiger partial charge in [-0.3, -0.25) is 0 Å². The molecule has 30 heavy (non-hydrogen) atoms. The number of ether oxygens (including phenoxy) is 2. The molecular weight excluding hydrogens is 436 g/mol. The van der Waals surface area contributed by atoms with E-state index in [1.807, 2.05) is 6.92 Å². The minimum Gasteiger partial charge on any atom is -0.458 e. The van der Waals surface area contributed by atoms with Crippen LogP contribution in [0.4, 0.5) is 0 Å². The molecule has 0 aromatic carbocycles. The van der Waals surface area contributed by atoms with E-state index in [-0.39, 0.29) is 17.8 Å². The Labute approximate surface area is 186 Å². The summed E-state index contributed by atoms with van der Waals surface area (Å²) in [5.74, 6) is -1.11. The monoisotopic (exact) mass is 476 g/mol. The van der Waals surface area contributed by atoms with E-state index in [0.717, 1.165) is 6.42 Å². The molecule has 0 saturated carbocycles. The minimum atomic E-state index is -2.52. The van der Waals surface area contributed by atoms with E-state index in [2.05, 4.69) is 52.4 Å². The van der Waals surface area contributed by atoms with Crippen molar-refractivity contribution in [3.8, 4) is 0 Å². The molecule has 174 valence electrons. The van der Waals surface area contributed by atoms with Crippen molar-refractivity contribution in [1.82, 2.24) is 0 Å². The molecular formula is C20H40O7Si3. The molecule has 0 radical (unpaired) electrons. The highest BCUT2D eigenvalue weighted by atomic mass is 28.5. The van der Waals surface area contributed by atoms with Gasteiger partial charge in [0, 0.05) is 11.1 Å². The van der Waals surface area contributed by atoms with Crippen LogP contribution in [0.3, 0.4) is 0 Å². The second kappa shape index (κ2) is 12.7. The molecule has 0 saturated heterocycles. The summed E-state index contributed by atoms with van der Waals surface area (Å²) in [4.78, 5) is 24.1. The lowest BCUT2D eigenvalue weighted by molar-refractivity contribution is -0.161. The normalized spacial score (nSPS) is 14.2. The summed E-state index contributed by atoms with van der Waals surface area (Å²) < 4.78 is 29.7. The van der Waals surface area contributed by atoms with Crippen LogP contribution in [0.1, 0.15) is 33.6 Å². The Bertz CT molecular complexity index is 593. The van der Waals surface area contributed by atoms with Gasteiger partial charge in [0.25, 0.3) is 0 Å². The zero-order valence-corrected chi connectivity index (χ0v) is 23.3. The van der Waals surface area contributed by atoms with Crippen LogP contribution in [0.2, 0.25) is 39.3 Å². The summed E-state index contributed by atoms with van der Waals surface area (Å²) in [7, 11) is -6.38. The summed E-state index contributed by atoms with van der Waals surface area (Å²) in [6, 6.07) is 0. The van der Waals surface area contributed by atoms with E-state index in [1.54, 1.807) is 13.8 Å². The highest BCUT2D eigenvalue weighted by molar-refractivity contribution is 6.79. The first-order valence-corrected chi connectivity index (χ1v) is 18.5. The van der Waals surface area contributed by atoms with E-state index >= 15 is 0 Å². The Morgan fingerprint density at radius 1 is 0.867 bits per heavy atom. The standard InChI is InChI=1S/C20H40O7Si3/c1-12-13-17(25-28(26-29(6,7)8)27-30(9,10)11)18(24-20(22)16(4)5)14-23-19(21)15(2)3/h17-18,28H,2,4,12-14H2,1,3,5-11H3. The van der Waals surface area contributed by atoms with E-state index < -0.39 is 50.3 Å². The van der Waals surface area contributed by atoms with Crippen LogP contribution >= 0.6 is 0 Å². The number of carbonyl (C=O) groups excluding carboxylic acids is 2. The van der Waals surface area contributed by atoms with E-state index in [9.17, 15) is 9.59 Å². The molecule has 0 rings (SSSR count). The largest absolute Gasteiger partial charge is 0.463 e. The summed E-state index contributed by atoms with van der Waals surface area (Å²) in [5.41, 5.74) is 0.524. The zero-order valence-electron chi connectivity index (χ0n) is 20.1. The van der Waals surface area contributed by atoms with E-state index in [4.69, 9.17) is 22.1 Å². The van der Waals surface area contributed by atoms with Crippen molar-refractivity contribution in [2.45, 2.75) is 85.1 Å². The summed E-state index contributed by atoms with van der Waals surface area (Å²) >= 11 is 0. The van der Waals surface area contributed by atoms with E-state index in [0.29, 0.717) is 6.42 Å². The third-order valence-electron chi connectivity index (χ3n) is 3.51. The van der Waals surface area contributed by atoms with Gasteiger partial charge in [0.1, 0.15) is 6.61 Å². The van der Waals surface area contributed by atoms with Crippen LogP contribution in [-0.4, -0.2) is 56.9 Å². The van der Waals surface area contributed by atoms with Crippen molar-refractivity contribution in [2.75, 3.05) is 6.61 Å². The Balaban J connectivity index is 5.69. The number of hydrogen-bond acceptors (Lipinski definition) is 7. The van der Waals surface area contributed by atoms with E-state index in [1.165, 1.54) is 0 Å². The Morgan fingerprint density at radius 3 is 1.70 bits per heavy atom. The lowest BCUT2D eigenvalue weighted by Crippen LogP contribution is -2.49. The Morgan fingerprint density at radius 2 is 1.33 bits per heavy atom. The van der Waals surface area contributed by atoms with Gasteiger partial charge in [-0.2, -0.15) is 0 Å². The Hall–Kier alpha value is -1.05. The van der Waals surface area contributed by atoms with Gasteiger partial charge in [-0.15, -0.1) is 0 Å². The van der Waals surface area contributed by atoms with Gasteiger partial charge in [0.2, 0.25) is 0 Å². The minimum absolute atomic E-state index is 0.142. The maximum atomic E-state index is 12.2. The average molecular weight is 477 g/mol. The highest BCUT2D eigenvalue weighted by Crippen LogP contribution is 2.20. The first-order valence-electron chi connectivity index (χ1n) is 10.3. The molecule has 0 spiro atoms. The van der Waals surface area contributed by atoms with Crippen LogP contribution in [0, 0.1) is 0 Å². The quantitative estimate of drug-likeness (QED) is 0.211. The number of hydrogen-bond donors (Lipinski definition) is 0. The predicted octanol–water partition coefficient (Wildman–Crippen LogP) is 4.20. The molecule has 7 nitrogen and oxygen atoms in total. The number of carbonyl (C=O) groups is 2. The molecule has 10 heteroatoms. The van der Waals surface area contributed by atoms with Crippen molar-refractivity contribution < 1.29 is 31.7 Å². The van der Waals surface area contributed by atoms with Gasteiger partial charge in [-0.25, -0.2) is 9.59 Å². The second-order valence-corrected chi connectivity index (χ2v) is 20.5. The average Bonchev–Trinajstić information content (AvgIpc) is 2.54. The molecule has 0 aliphatic carbocycles. The van der Waals surface area contributed by atoms with Crippen molar-refractivity contribution >= 4 is 38.1 Å². The molecule has 0 aromatic rings. The summed E-state index contributed by atoms with van der Waals surface area (Å²) in [6.07, 6.45) is 0.0386. The number of rotatable bonds is 14. The lowest BCUT2D eigenvalue weighted by atomic mass is 10.1. The second-order valence-electron chi connectivity index (χ2n) is 9.32. The summed E-state index contributed by atoms with van der Waals surface area (Å²) in [6.45, 7) is 24.6. The molecule has 0 fully saturated rings. The third-order valence-corrected chi connectivity index (χ3v) is 11.3. The molecule has 0 aliphatic rings. The van der Waals surface area contributed by atoms with Crippen molar-refractivity contribution in [3.05, 3.63) is 24.3 Å². The van der Waals surface area contributed by atoms with Crippen molar-refractivity contribution in [2.24, 2.45) is 0 Å². The van der Waals surface area contributed by atoms with Gasteiger partial charge in [-0.1, -0.05) is 26.5 Å². The molecule has 0 amide bonds. The smallest absolute Gasteiger partial charge is 0.458 e. The highest BCUT2D eigenvalue weighted by Gasteiger charge is 2.36. The molecule has 2 unspecified atom stereocenters. The molecule has 0 aromatic heterocycles. The maximum absolute atomic E-state index is 12.2. The van der Waals surface area contributed by atoms with Crippen molar-refractivity contribution in [3.63, 3.8) is 0 Å². The zero-order chi connectivity index (χ0) is 23.7. The third kappa shape index (κ3) is 13.3. The molecule has 2 atom stereocenters. The van der Waals surface area contributed by atoms with Crippen LogP contribution in [0.5, 0.6) is 0 Å². The molecule has 0 aliphatic heterocycles. The van der Waals surface area contributed by atoms with Crippen molar-refractivity contribution in [1.29, 1.82) is 0 Å². The van der Waals surface area contributed by atoms with Crippen LogP contribution < -0.4 is 0 Å². The van der Waals surface area contributed by atoms with Crippen LogP contribution in [0.15, 0.2) is 24.3 Å². The molecule has 0 heterocycles. The SMILES string of the molecule is C=C(C)C(=O)OCC(OC(=O)C(=C)C)C(CCC)O[SiH](O[Si](C)(C)C)O[Si](C)(C)C. The predicted molar refractivity (Wildman–Crippen MR) is 126 cm³/mol. The lowest BCUT2D eigenvalue weighted by Gasteiger charge is -2.34. The summed E-state index contributed by atoms with van der Waals surface area (Å²) in [5, 5.41) is 0. The Kier molecular flexibility index (Phi) is 12.3.